The Morgan fingerprint density at radius 3 is 2.47 bits per heavy atom. The monoisotopic (exact) mass is 258 g/mol. The maximum atomic E-state index is 5.67. The van der Waals surface area contributed by atoms with Crippen molar-refractivity contribution in [2.75, 3.05) is 42.4 Å². The van der Waals surface area contributed by atoms with Crippen LogP contribution in [-0.2, 0) is 0 Å². The van der Waals surface area contributed by atoms with Crippen molar-refractivity contribution in [3.8, 4) is 0 Å². The first kappa shape index (κ1) is 12.9. The Morgan fingerprint density at radius 2 is 1.79 bits per heavy atom. The molecule has 0 saturated heterocycles. The molecule has 0 amide bonds. The molecule has 1 aromatic carbocycles. The lowest BCUT2D eigenvalue weighted by Crippen LogP contribution is -2.11. The zero-order valence-corrected chi connectivity index (χ0v) is 11.3. The summed E-state index contributed by atoms with van der Waals surface area (Å²) in [6.07, 6.45) is 0. The number of rotatable bonds is 4. The molecule has 0 saturated carbocycles. The van der Waals surface area contributed by atoms with Crippen LogP contribution < -0.4 is 21.3 Å². The van der Waals surface area contributed by atoms with Gasteiger partial charge in [-0.2, -0.15) is 9.97 Å². The number of hydrogen-bond acceptors (Lipinski definition) is 6. The first-order valence-electron chi connectivity index (χ1n) is 5.96. The van der Waals surface area contributed by atoms with E-state index in [1.54, 1.807) is 7.05 Å². The molecule has 4 N–H and O–H groups in total. The Hall–Kier alpha value is -2.50. The van der Waals surface area contributed by atoms with Crippen molar-refractivity contribution in [3.63, 3.8) is 0 Å². The number of benzene rings is 1. The Labute approximate surface area is 112 Å². The highest BCUT2D eigenvalue weighted by molar-refractivity contribution is 5.74. The highest BCUT2D eigenvalue weighted by atomic mass is 15.1. The van der Waals surface area contributed by atoms with Crippen LogP contribution >= 0.6 is 0 Å². The first-order chi connectivity index (χ1) is 9.10. The van der Waals surface area contributed by atoms with E-state index in [2.05, 4.69) is 20.6 Å². The van der Waals surface area contributed by atoms with Gasteiger partial charge in [-0.3, -0.25) is 0 Å². The molecule has 0 unspecified atom stereocenters. The maximum absolute atomic E-state index is 5.67. The molecule has 0 fully saturated rings. The topological polar surface area (TPSA) is 79.1 Å². The third-order valence-electron chi connectivity index (χ3n) is 2.65. The molecule has 0 aliphatic carbocycles. The highest BCUT2D eigenvalue weighted by Gasteiger charge is 2.06. The van der Waals surface area contributed by atoms with Gasteiger partial charge in [0, 0.05) is 27.2 Å². The number of hydrogen-bond donors (Lipinski definition) is 3. The summed E-state index contributed by atoms with van der Waals surface area (Å²) in [6.45, 7) is 0. The lowest BCUT2D eigenvalue weighted by atomic mass is 10.2. The predicted octanol–water partition coefficient (Wildman–Crippen LogP) is 1.91. The zero-order chi connectivity index (χ0) is 13.8. The van der Waals surface area contributed by atoms with Crippen LogP contribution in [0, 0.1) is 0 Å². The van der Waals surface area contributed by atoms with E-state index in [0.29, 0.717) is 11.6 Å². The summed E-state index contributed by atoms with van der Waals surface area (Å²) in [5.41, 5.74) is 7.71. The number of nitrogen functional groups attached to an aromatic ring is 1. The highest BCUT2D eigenvalue weighted by Crippen LogP contribution is 2.27. The van der Waals surface area contributed by atoms with Crippen molar-refractivity contribution in [2.24, 2.45) is 0 Å². The number of aromatic nitrogens is 2. The molecule has 1 heterocycles. The minimum Gasteiger partial charge on any atom is -0.376 e. The van der Waals surface area contributed by atoms with Crippen LogP contribution in [-0.4, -0.2) is 31.1 Å². The van der Waals surface area contributed by atoms with E-state index in [4.69, 9.17) is 5.73 Å². The largest absolute Gasteiger partial charge is 0.376 e. The molecule has 6 nitrogen and oxygen atoms in total. The lowest BCUT2D eigenvalue weighted by molar-refractivity contribution is 1.13. The quantitative estimate of drug-likeness (QED) is 0.777. The molecule has 0 spiro atoms. The molecular weight excluding hydrogens is 240 g/mol. The molecule has 1 aromatic heterocycles. The first-order valence-corrected chi connectivity index (χ1v) is 5.96. The summed E-state index contributed by atoms with van der Waals surface area (Å²) in [6, 6.07) is 9.80. The van der Waals surface area contributed by atoms with Gasteiger partial charge < -0.3 is 21.3 Å². The number of nitrogens with two attached hydrogens (primary N) is 1. The van der Waals surface area contributed by atoms with Crippen molar-refractivity contribution in [2.45, 2.75) is 0 Å². The molecule has 2 aromatic rings. The van der Waals surface area contributed by atoms with Gasteiger partial charge >= 0.3 is 0 Å². The average molecular weight is 258 g/mol. The molecule has 0 aliphatic heterocycles. The van der Waals surface area contributed by atoms with Crippen LogP contribution in [0.25, 0.3) is 0 Å². The zero-order valence-electron chi connectivity index (χ0n) is 11.3. The van der Waals surface area contributed by atoms with Crippen LogP contribution in [0.3, 0.4) is 0 Å². The minimum absolute atomic E-state index is 0.233. The van der Waals surface area contributed by atoms with Gasteiger partial charge in [0.25, 0.3) is 0 Å². The lowest BCUT2D eigenvalue weighted by Gasteiger charge is -2.18. The molecule has 100 valence electrons. The van der Waals surface area contributed by atoms with Gasteiger partial charge in [0.15, 0.2) is 0 Å². The van der Waals surface area contributed by atoms with Gasteiger partial charge in [-0.1, -0.05) is 12.1 Å². The Balaban J connectivity index is 2.33. The van der Waals surface area contributed by atoms with Gasteiger partial charge in [0.05, 0.1) is 11.4 Å². The Bertz CT molecular complexity index is 567. The van der Waals surface area contributed by atoms with Gasteiger partial charge in [-0.25, -0.2) is 0 Å². The van der Waals surface area contributed by atoms with Crippen molar-refractivity contribution >= 4 is 29.0 Å². The summed E-state index contributed by atoms with van der Waals surface area (Å²) in [7, 11) is 5.78. The molecule has 0 aliphatic rings. The second-order valence-corrected chi connectivity index (χ2v) is 4.28. The van der Waals surface area contributed by atoms with Crippen molar-refractivity contribution in [1.29, 1.82) is 0 Å². The van der Waals surface area contributed by atoms with Crippen molar-refractivity contribution in [1.82, 2.24) is 9.97 Å². The van der Waals surface area contributed by atoms with Crippen LogP contribution in [0.4, 0.5) is 29.0 Å². The van der Waals surface area contributed by atoms with E-state index in [9.17, 15) is 0 Å². The summed E-state index contributed by atoms with van der Waals surface area (Å²) in [4.78, 5) is 10.3. The fourth-order valence-corrected chi connectivity index (χ4v) is 1.77. The van der Waals surface area contributed by atoms with Gasteiger partial charge in [-0.15, -0.1) is 0 Å². The minimum atomic E-state index is 0.233. The Morgan fingerprint density at radius 1 is 1.11 bits per heavy atom. The molecule has 0 radical (unpaired) electrons. The van der Waals surface area contributed by atoms with Crippen LogP contribution in [0.2, 0.25) is 0 Å². The smallest absolute Gasteiger partial charge is 0.223 e. The summed E-state index contributed by atoms with van der Waals surface area (Å²) in [5.74, 6) is 1.57. The van der Waals surface area contributed by atoms with E-state index in [1.165, 1.54) is 0 Å². The van der Waals surface area contributed by atoms with E-state index >= 15 is 0 Å². The fourth-order valence-electron chi connectivity index (χ4n) is 1.77. The third-order valence-corrected chi connectivity index (χ3v) is 2.65. The average Bonchev–Trinajstić information content (AvgIpc) is 2.38. The van der Waals surface area contributed by atoms with Crippen LogP contribution in [0.5, 0.6) is 0 Å². The standard InChI is InChI=1S/C13H18N6/c1-15-11-8-12(18-13(14)17-11)16-9-6-4-5-7-10(9)19(2)3/h4-8H,1-3H3,(H4,14,15,16,17,18). The van der Waals surface area contributed by atoms with E-state index in [1.807, 2.05) is 49.3 Å². The molecule has 0 bridgehead atoms. The maximum Gasteiger partial charge on any atom is 0.223 e. The van der Waals surface area contributed by atoms with Crippen molar-refractivity contribution < 1.29 is 0 Å². The van der Waals surface area contributed by atoms with E-state index in [0.717, 1.165) is 11.4 Å². The second-order valence-electron chi connectivity index (χ2n) is 4.28. The fraction of sp³-hybridized carbons (Fsp3) is 0.231. The molecule has 6 heteroatoms. The number of nitrogens with one attached hydrogen (secondary N) is 2. The van der Waals surface area contributed by atoms with E-state index < -0.39 is 0 Å². The molecular formula is C13H18N6. The number of para-hydroxylation sites is 2. The van der Waals surface area contributed by atoms with Crippen LogP contribution in [0.15, 0.2) is 30.3 Å². The predicted molar refractivity (Wildman–Crippen MR) is 80.0 cm³/mol. The summed E-state index contributed by atoms with van der Waals surface area (Å²) < 4.78 is 0. The van der Waals surface area contributed by atoms with Gasteiger partial charge in [-0.05, 0) is 12.1 Å². The van der Waals surface area contributed by atoms with Gasteiger partial charge in [0.1, 0.15) is 11.6 Å². The second kappa shape index (κ2) is 5.43. The third kappa shape index (κ3) is 3.04. The van der Waals surface area contributed by atoms with Gasteiger partial charge in [0.2, 0.25) is 5.95 Å². The normalized spacial score (nSPS) is 10.1. The summed E-state index contributed by atoms with van der Waals surface area (Å²) >= 11 is 0. The SMILES string of the molecule is CNc1cc(Nc2ccccc2N(C)C)nc(N)n1. The molecule has 2 rings (SSSR count). The number of anilines is 5. The summed E-state index contributed by atoms with van der Waals surface area (Å²) in [5, 5.41) is 6.21. The molecule has 0 atom stereocenters. The van der Waals surface area contributed by atoms with Crippen LogP contribution in [0.1, 0.15) is 0 Å². The number of nitrogens with zero attached hydrogens (tertiary/aromatic N) is 3. The van der Waals surface area contributed by atoms with Crippen molar-refractivity contribution in [3.05, 3.63) is 30.3 Å². The Kier molecular flexibility index (Phi) is 3.70. The van der Waals surface area contributed by atoms with E-state index in [-0.39, 0.29) is 5.95 Å². The molecule has 19 heavy (non-hydrogen) atoms.